The van der Waals surface area contributed by atoms with E-state index in [1.165, 1.54) is 0 Å². The second-order valence-electron chi connectivity index (χ2n) is 3.46. The van der Waals surface area contributed by atoms with Crippen molar-refractivity contribution >= 4 is 12.2 Å². The molecule has 0 amide bonds. The fourth-order valence-electron chi connectivity index (χ4n) is 1.18. The molecule has 14 heavy (non-hydrogen) atoms. The molecule has 0 atom stereocenters. The van der Waals surface area contributed by atoms with Crippen molar-refractivity contribution in [3.63, 3.8) is 0 Å². The first-order chi connectivity index (χ1) is 6.65. The van der Waals surface area contributed by atoms with Gasteiger partial charge in [0.15, 0.2) is 0 Å². The molecule has 0 saturated heterocycles. The Hall–Kier alpha value is -0.750. The van der Waals surface area contributed by atoms with Crippen LogP contribution in [0.1, 0.15) is 13.3 Å². The standard InChI is InChI=1S/C8H17N5S/c1-4-12-8(14)13(10-9-12)7-5-6-11(2)3/h4-7H2,1-3H3. The van der Waals surface area contributed by atoms with Gasteiger partial charge in [-0.3, -0.25) is 0 Å². The molecule has 0 aliphatic carbocycles. The highest BCUT2D eigenvalue weighted by Gasteiger charge is 2.00. The summed E-state index contributed by atoms with van der Waals surface area (Å²) < 4.78 is 4.22. The lowest BCUT2D eigenvalue weighted by Gasteiger charge is -2.07. The summed E-state index contributed by atoms with van der Waals surface area (Å²) >= 11 is 5.19. The van der Waals surface area contributed by atoms with Gasteiger partial charge in [-0.15, -0.1) is 0 Å². The molecule has 5 nitrogen and oxygen atoms in total. The summed E-state index contributed by atoms with van der Waals surface area (Å²) in [5.74, 6) is 0. The van der Waals surface area contributed by atoms with Crippen LogP contribution in [0.5, 0.6) is 0 Å². The Balaban J connectivity index is 2.51. The van der Waals surface area contributed by atoms with E-state index in [-0.39, 0.29) is 0 Å². The van der Waals surface area contributed by atoms with E-state index in [9.17, 15) is 0 Å². The molecule has 0 saturated carbocycles. The topological polar surface area (TPSA) is 38.9 Å². The van der Waals surface area contributed by atoms with Crippen molar-refractivity contribution in [3.8, 4) is 0 Å². The number of tetrazole rings is 1. The normalized spacial score (nSPS) is 11.1. The minimum absolute atomic E-state index is 0.714. The summed E-state index contributed by atoms with van der Waals surface area (Å²) in [6, 6.07) is 0. The van der Waals surface area contributed by atoms with Crippen LogP contribution in [0.4, 0.5) is 0 Å². The zero-order chi connectivity index (χ0) is 10.6. The van der Waals surface area contributed by atoms with Crippen molar-refractivity contribution in [2.75, 3.05) is 20.6 Å². The van der Waals surface area contributed by atoms with Gasteiger partial charge in [0, 0.05) is 13.1 Å². The Bertz CT molecular complexity index is 327. The molecule has 0 unspecified atom stereocenters. The molecule has 6 heteroatoms. The zero-order valence-corrected chi connectivity index (χ0v) is 9.79. The van der Waals surface area contributed by atoms with Crippen LogP contribution < -0.4 is 0 Å². The minimum Gasteiger partial charge on any atom is -0.309 e. The molecular weight excluding hydrogens is 198 g/mol. The van der Waals surface area contributed by atoms with E-state index in [2.05, 4.69) is 29.4 Å². The number of rotatable bonds is 5. The number of aromatic nitrogens is 4. The number of hydrogen-bond acceptors (Lipinski definition) is 4. The predicted molar refractivity (Wildman–Crippen MR) is 57.7 cm³/mol. The summed E-state index contributed by atoms with van der Waals surface area (Å²) in [7, 11) is 4.12. The van der Waals surface area contributed by atoms with Crippen LogP contribution >= 0.6 is 12.2 Å². The van der Waals surface area contributed by atoms with Gasteiger partial charge in [-0.2, -0.15) is 0 Å². The van der Waals surface area contributed by atoms with Crippen LogP contribution in [0.25, 0.3) is 0 Å². The third-order valence-corrected chi connectivity index (χ3v) is 2.39. The molecule has 1 rings (SSSR count). The van der Waals surface area contributed by atoms with Gasteiger partial charge in [0.05, 0.1) is 0 Å². The van der Waals surface area contributed by atoms with Crippen molar-refractivity contribution in [2.24, 2.45) is 0 Å². The van der Waals surface area contributed by atoms with Crippen LogP contribution in [-0.4, -0.2) is 45.3 Å². The fourth-order valence-corrected chi connectivity index (χ4v) is 1.48. The molecule has 0 aromatic carbocycles. The quantitative estimate of drug-likeness (QED) is 0.680. The maximum Gasteiger partial charge on any atom is 0.215 e. The van der Waals surface area contributed by atoms with Gasteiger partial charge in [-0.05, 0) is 56.6 Å². The molecule has 0 fully saturated rings. The summed E-state index contributed by atoms with van der Waals surface area (Å²) in [4.78, 5) is 2.15. The third kappa shape index (κ3) is 2.88. The van der Waals surface area contributed by atoms with Gasteiger partial charge in [-0.1, -0.05) is 0 Å². The molecule has 0 aliphatic rings. The summed E-state index contributed by atoms with van der Waals surface area (Å²) in [6.07, 6.45) is 1.05. The predicted octanol–water partition coefficient (Wildman–Crippen LogP) is 0.781. The van der Waals surface area contributed by atoms with Crippen LogP contribution in [0.15, 0.2) is 0 Å². The summed E-state index contributed by atoms with van der Waals surface area (Å²) in [5, 5.41) is 7.93. The third-order valence-electron chi connectivity index (χ3n) is 1.97. The lowest BCUT2D eigenvalue weighted by molar-refractivity contribution is 0.378. The Morgan fingerprint density at radius 1 is 1.29 bits per heavy atom. The Kier molecular flexibility index (Phi) is 4.21. The molecular formula is C8H17N5S. The minimum atomic E-state index is 0.714. The second-order valence-corrected chi connectivity index (χ2v) is 3.82. The first-order valence-electron chi connectivity index (χ1n) is 4.80. The first-order valence-corrected chi connectivity index (χ1v) is 5.21. The zero-order valence-electron chi connectivity index (χ0n) is 8.97. The highest BCUT2D eigenvalue weighted by Crippen LogP contribution is 1.93. The van der Waals surface area contributed by atoms with E-state index in [4.69, 9.17) is 12.2 Å². The van der Waals surface area contributed by atoms with E-state index >= 15 is 0 Å². The SMILES string of the molecule is CCn1nnn(CCCN(C)C)c1=S. The number of aryl methyl sites for hydroxylation is 2. The van der Waals surface area contributed by atoms with Gasteiger partial charge in [0.25, 0.3) is 0 Å². The first kappa shape index (κ1) is 11.3. The lowest BCUT2D eigenvalue weighted by Crippen LogP contribution is -2.15. The fraction of sp³-hybridized carbons (Fsp3) is 0.875. The summed E-state index contributed by atoms with van der Waals surface area (Å²) in [5.41, 5.74) is 0. The average Bonchev–Trinajstić information content (AvgIpc) is 2.47. The Morgan fingerprint density at radius 3 is 2.43 bits per heavy atom. The highest BCUT2D eigenvalue weighted by atomic mass is 32.1. The smallest absolute Gasteiger partial charge is 0.215 e. The van der Waals surface area contributed by atoms with Gasteiger partial charge in [0.2, 0.25) is 4.77 Å². The van der Waals surface area contributed by atoms with E-state index in [0.717, 1.165) is 26.1 Å². The van der Waals surface area contributed by atoms with E-state index in [1.807, 2.05) is 6.92 Å². The van der Waals surface area contributed by atoms with Crippen LogP contribution in [0, 0.1) is 4.77 Å². The lowest BCUT2D eigenvalue weighted by atomic mass is 10.4. The van der Waals surface area contributed by atoms with Crippen LogP contribution in [0.3, 0.4) is 0 Å². The number of hydrogen-bond donors (Lipinski definition) is 0. The van der Waals surface area contributed by atoms with E-state index < -0.39 is 0 Å². The molecule has 0 N–H and O–H groups in total. The molecule has 0 aliphatic heterocycles. The molecule has 0 spiro atoms. The Morgan fingerprint density at radius 2 is 1.93 bits per heavy atom. The summed E-state index contributed by atoms with van der Waals surface area (Å²) in [6.45, 7) is 4.68. The van der Waals surface area contributed by atoms with Crippen molar-refractivity contribution in [1.82, 2.24) is 24.7 Å². The number of nitrogens with zero attached hydrogens (tertiary/aromatic N) is 5. The molecule has 1 aromatic rings. The molecule has 1 aromatic heterocycles. The molecule has 0 radical (unpaired) electrons. The molecule has 80 valence electrons. The molecule has 0 bridgehead atoms. The van der Waals surface area contributed by atoms with Crippen molar-refractivity contribution in [2.45, 2.75) is 26.4 Å². The van der Waals surface area contributed by atoms with Gasteiger partial charge in [0.1, 0.15) is 0 Å². The van der Waals surface area contributed by atoms with Crippen molar-refractivity contribution in [1.29, 1.82) is 0 Å². The van der Waals surface area contributed by atoms with E-state index in [1.54, 1.807) is 9.36 Å². The largest absolute Gasteiger partial charge is 0.309 e. The molecule has 1 heterocycles. The maximum absolute atomic E-state index is 5.19. The monoisotopic (exact) mass is 215 g/mol. The van der Waals surface area contributed by atoms with E-state index in [0.29, 0.717) is 4.77 Å². The van der Waals surface area contributed by atoms with Crippen LogP contribution in [-0.2, 0) is 13.1 Å². The van der Waals surface area contributed by atoms with Crippen molar-refractivity contribution in [3.05, 3.63) is 4.77 Å². The maximum atomic E-state index is 5.19. The van der Waals surface area contributed by atoms with Gasteiger partial charge >= 0.3 is 0 Å². The van der Waals surface area contributed by atoms with Gasteiger partial charge < -0.3 is 4.90 Å². The van der Waals surface area contributed by atoms with Crippen molar-refractivity contribution < 1.29 is 0 Å². The Labute approximate surface area is 89.3 Å². The average molecular weight is 215 g/mol. The van der Waals surface area contributed by atoms with Crippen LogP contribution in [0.2, 0.25) is 0 Å². The van der Waals surface area contributed by atoms with Gasteiger partial charge in [-0.25, -0.2) is 9.36 Å². The highest BCUT2D eigenvalue weighted by molar-refractivity contribution is 7.71. The second kappa shape index (κ2) is 5.21.